The number of carbonyl (C=O) groups excluding carboxylic acids is 1. The van der Waals surface area contributed by atoms with Gasteiger partial charge in [0.2, 0.25) is 0 Å². The molecule has 2 unspecified atom stereocenters. The van der Waals surface area contributed by atoms with Crippen molar-refractivity contribution in [3.63, 3.8) is 0 Å². The summed E-state index contributed by atoms with van der Waals surface area (Å²) in [6.45, 7) is 6.44. The first-order valence-electron chi connectivity index (χ1n) is 8.13. The third-order valence-corrected chi connectivity index (χ3v) is 5.22. The smallest absolute Gasteiger partial charge is 0.327 e. The summed E-state index contributed by atoms with van der Waals surface area (Å²) >= 11 is 0. The highest BCUT2D eigenvalue weighted by molar-refractivity contribution is 5.83. The molecule has 0 spiro atoms. The highest BCUT2D eigenvalue weighted by atomic mass is 16.4. The lowest BCUT2D eigenvalue weighted by Gasteiger charge is -2.44. The van der Waals surface area contributed by atoms with Gasteiger partial charge in [0.1, 0.15) is 6.04 Å². The van der Waals surface area contributed by atoms with Crippen molar-refractivity contribution >= 4 is 12.0 Å². The lowest BCUT2D eigenvalue weighted by molar-refractivity contribution is -0.148. The zero-order chi connectivity index (χ0) is 15.6. The van der Waals surface area contributed by atoms with E-state index in [-0.39, 0.29) is 17.5 Å². The van der Waals surface area contributed by atoms with Crippen LogP contribution in [0, 0.1) is 11.3 Å². The maximum Gasteiger partial charge on any atom is 0.327 e. The molecule has 5 nitrogen and oxygen atoms in total. The number of hydrogen-bond donors (Lipinski definition) is 2. The number of amides is 2. The molecule has 1 aliphatic carbocycles. The van der Waals surface area contributed by atoms with Crippen LogP contribution in [-0.4, -0.2) is 40.6 Å². The summed E-state index contributed by atoms with van der Waals surface area (Å²) in [6.07, 6.45) is 6.50. The predicted molar refractivity (Wildman–Crippen MR) is 81.1 cm³/mol. The molecule has 1 heterocycles. The molecular weight excluding hydrogens is 268 g/mol. The maximum atomic E-state index is 12.5. The Hall–Kier alpha value is -1.26. The second-order valence-corrected chi connectivity index (χ2v) is 7.31. The van der Waals surface area contributed by atoms with E-state index in [9.17, 15) is 14.7 Å². The molecule has 1 saturated heterocycles. The van der Waals surface area contributed by atoms with Crippen molar-refractivity contribution in [3.05, 3.63) is 0 Å². The van der Waals surface area contributed by atoms with Gasteiger partial charge in [-0.25, -0.2) is 9.59 Å². The van der Waals surface area contributed by atoms with Crippen molar-refractivity contribution < 1.29 is 14.7 Å². The van der Waals surface area contributed by atoms with E-state index in [1.807, 2.05) is 20.8 Å². The van der Waals surface area contributed by atoms with E-state index in [4.69, 9.17) is 0 Å². The Morgan fingerprint density at radius 1 is 1.24 bits per heavy atom. The van der Waals surface area contributed by atoms with Gasteiger partial charge in [-0.05, 0) is 43.9 Å². The molecular formula is C16H28N2O3. The van der Waals surface area contributed by atoms with Gasteiger partial charge in [-0.3, -0.25) is 0 Å². The van der Waals surface area contributed by atoms with Crippen LogP contribution in [0.2, 0.25) is 0 Å². The topological polar surface area (TPSA) is 69.6 Å². The fraction of sp³-hybridized carbons (Fsp3) is 0.875. The van der Waals surface area contributed by atoms with Crippen molar-refractivity contribution in [3.8, 4) is 0 Å². The monoisotopic (exact) mass is 296 g/mol. The van der Waals surface area contributed by atoms with Crippen molar-refractivity contribution in [2.75, 3.05) is 6.54 Å². The van der Waals surface area contributed by atoms with Crippen LogP contribution in [0.5, 0.6) is 0 Å². The normalized spacial score (nSPS) is 27.4. The highest BCUT2D eigenvalue weighted by Crippen LogP contribution is 2.35. The molecule has 120 valence electrons. The number of likely N-dealkylation sites (tertiary alicyclic amines) is 1. The standard InChI is InChI=1S/C16H28N2O3/c1-11(12-7-4-5-8-12)17-15(21)18-10-6-9-16(2,3)13(18)14(19)20/h11-13H,4-10H2,1-3H3,(H,17,21)(H,19,20). The Morgan fingerprint density at radius 2 is 1.86 bits per heavy atom. The Balaban J connectivity index is 2.03. The molecule has 1 aliphatic heterocycles. The summed E-state index contributed by atoms with van der Waals surface area (Å²) in [4.78, 5) is 25.6. The third-order valence-electron chi connectivity index (χ3n) is 5.22. The van der Waals surface area contributed by atoms with Gasteiger partial charge in [0.25, 0.3) is 0 Å². The first kappa shape index (κ1) is 16.1. The van der Waals surface area contributed by atoms with E-state index in [1.54, 1.807) is 0 Å². The van der Waals surface area contributed by atoms with Crippen LogP contribution in [0.15, 0.2) is 0 Å². The minimum Gasteiger partial charge on any atom is -0.480 e. The number of nitrogens with zero attached hydrogens (tertiary/aromatic N) is 1. The fourth-order valence-corrected chi connectivity index (χ4v) is 3.93. The number of rotatable bonds is 3. The minimum absolute atomic E-state index is 0.125. The van der Waals surface area contributed by atoms with E-state index in [0.29, 0.717) is 12.5 Å². The molecule has 21 heavy (non-hydrogen) atoms. The molecule has 0 aromatic heterocycles. The highest BCUT2D eigenvalue weighted by Gasteiger charge is 2.44. The molecule has 2 N–H and O–H groups in total. The van der Waals surface area contributed by atoms with Gasteiger partial charge < -0.3 is 15.3 Å². The SMILES string of the molecule is CC(NC(=O)N1CCCC(C)(C)C1C(=O)O)C1CCCC1. The zero-order valence-electron chi connectivity index (χ0n) is 13.4. The number of piperidine rings is 1. The van der Waals surface area contributed by atoms with Crippen molar-refractivity contribution in [1.29, 1.82) is 0 Å². The van der Waals surface area contributed by atoms with Gasteiger partial charge in [0.05, 0.1) is 0 Å². The van der Waals surface area contributed by atoms with E-state index >= 15 is 0 Å². The molecule has 2 atom stereocenters. The fourth-order valence-electron chi connectivity index (χ4n) is 3.93. The van der Waals surface area contributed by atoms with E-state index < -0.39 is 12.0 Å². The van der Waals surface area contributed by atoms with E-state index in [1.165, 1.54) is 17.7 Å². The molecule has 0 aromatic rings. The number of carboxylic acid groups (broad SMARTS) is 1. The van der Waals surface area contributed by atoms with Crippen LogP contribution in [0.4, 0.5) is 4.79 Å². The summed E-state index contributed by atoms with van der Waals surface area (Å²) in [6, 6.07) is -0.823. The maximum absolute atomic E-state index is 12.5. The minimum atomic E-state index is -0.900. The Bertz CT molecular complexity index is 402. The van der Waals surface area contributed by atoms with Crippen molar-refractivity contribution in [2.45, 2.75) is 71.4 Å². The van der Waals surface area contributed by atoms with Crippen molar-refractivity contribution in [1.82, 2.24) is 10.2 Å². The zero-order valence-corrected chi connectivity index (χ0v) is 13.4. The first-order valence-corrected chi connectivity index (χ1v) is 8.13. The average molecular weight is 296 g/mol. The Labute approximate surface area is 127 Å². The number of carboxylic acids is 1. The van der Waals surface area contributed by atoms with Crippen LogP contribution < -0.4 is 5.32 Å². The lowest BCUT2D eigenvalue weighted by atomic mass is 9.76. The van der Waals surface area contributed by atoms with Crippen LogP contribution in [0.1, 0.15) is 59.3 Å². The number of carbonyl (C=O) groups is 2. The molecule has 1 saturated carbocycles. The molecule has 2 rings (SSSR count). The molecule has 0 radical (unpaired) electrons. The van der Waals surface area contributed by atoms with Gasteiger partial charge in [-0.2, -0.15) is 0 Å². The summed E-state index contributed by atoms with van der Waals surface area (Å²) in [5.74, 6) is -0.363. The second kappa shape index (κ2) is 6.24. The summed E-state index contributed by atoms with van der Waals surface area (Å²) in [7, 11) is 0. The number of nitrogens with one attached hydrogen (secondary N) is 1. The van der Waals surface area contributed by atoms with Crippen LogP contribution in [0.3, 0.4) is 0 Å². The molecule has 2 fully saturated rings. The van der Waals surface area contributed by atoms with Crippen LogP contribution in [0.25, 0.3) is 0 Å². The summed E-state index contributed by atoms with van der Waals surface area (Å²) < 4.78 is 0. The van der Waals surface area contributed by atoms with Gasteiger partial charge in [0.15, 0.2) is 0 Å². The molecule has 2 aliphatic rings. The van der Waals surface area contributed by atoms with Gasteiger partial charge in [0, 0.05) is 12.6 Å². The molecule has 0 aromatic carbocycles. The van der Waals surface area contributed by atoms with E-state index in [0.717, 1.165) is 25.7 Å². The van der Waals surface area contributed by atoms with Gasteiger partial charge >= 0.3 is 12.0 Å². The number of hydrogen-bond acceptors (Lipinski definition) is 2. The predicted octanol–water partition coefficient (Wildman–Crippen LogP) is 2.85. The molecule has 2 amide bonds. The van der Waals surface area contributed by atoms with Crippen LogP contribution in [-0.2, 0) is 4.79 Å². The van der Waals surface area contributed by atoms with Gasteiger partial charge in [-0.15, -0.1) is 0 Å². The lowest BCUT2D eigenvalue weighted by Crippen LogP contribution is -2.59. The summed E-state index contributed by atoms with van der Waals surface area (Å²) in [5.41, 5.74) is -0.377. The average Bonchev–Trinajstić information content (AvgIpc) is 2.90. The third kappa shape index (κ3) is 3.50. The Morgan fingerprint density at radius 3 is 2.43 bits per heavy atom. The quantitative estimate of drug-likeness (QED) is 0.841. The second-order valence-electron chi connectivity index (χ2n) is 7.31. The van der Waals surface area contributed by atoms with E-state index in [2.05, 4.69) is 5.32 Å². The van der Waals surface area contributed by atoms with Crippen LogP contribution >= 0.6 is 0 Å². The Kier molecular flexibility index (Phi) is 4.79. The first-order chi connectivity index (χ1) is 9.83. The summed E-state index contributed by atoms with van der Waals surface area (Å²) in [5, 5.41) is 12.6. The van der Waals surface area contributed by atoms with Gasteiger partial charge in [-0.1, -0.05) is 26.7 Å². The largest absolute Gasteiger partial charge is 0.480 e. The molecule has 0 bridgehead atoms. The number of aliphatic carboxylic acids is 1. The van der Waals surface area contributed by atoms with Crippen molar-refractivity contribution in [2.24, 2.45) is 11.3 Å². The molecule has 5 heteroatoms. The number of urea groups is 1.